The molecule has 0 saturated heterocycles. The molecule has 3 aromatic carbocycles. The Morgan fingerprint density at radius 3 is 2.65 bits per heavy atom. The van der Waals surface area contributed by atoms with E-state index in [-0.39, 0.29) is 5.82 Å². The second-order valence-corrected chi connectivity index (χ2v) is 9.13. The molecule has 0 amide bonds. The van der Waals surface area contributed by atoms with Crippen molar-refractivity contribution in [2.75, 3.05) is 12.9 Å². The number of aliphatic carboxylic acids is 1. The van der Waals surface area contributed by atoms with E-state index in [0.717, 1.165) is 23.3 Å². The Bertz CT molecular complexity index is 1090. The van der Waals surface area contributed by atoms with Crippen molar-refractivity contribution in [1.82, 2.24) is 0 Å². The summed E-state index contributed by atoms with van der Waals surface area (Å²) in [5, 5.41) is 9.19. The number of carboxylic acid groups (broad SMARTS) is 1. The van der Waals surface area contributed by atoms with E-state index in [1.54, 1.807) is 26.2 Å². The summed E-state index contributed by atoms with van der Waals surface area (Å²) in [5.41, 5.74) is 4.94. The molecule has 1 aliphatic rings. The van der Waals surface area contributed by atoms with Crippen LogP contribution in [0.15, 0.2) is 65.6 Å². The van der Waals surface area contributed by atoms with E-state index < -0.39 is 11.9 Å². The van der Waals surface area contributed by atoms with Gasteiger partial charge in [0.15, 0.2) is 0 Å². The van der Waals surface area contributed by atoms with Gasteiger partial charge in [-0.1, -0.05) is 43.3 Å². The van der Waals surface area contributed by atoms with Crippen molar-refractivity contribution < 1.29 is 19.0 Å². The SMILES string of the molecule is COc1ccc(F)c(-c2ccc(C3CSc4ccc(CC(C)C(=O)O)cc4C3)cc2)c1. The molecule has 1 N–H and O–H groups in total. The van der Waals surface area contributed by atoms with Crippen LogP contribution in [0.1, 0.15) is 29.5 Å². The number of methoxy groups -OCH3 is 1. The highest BCUT2D eigenvalue weighted by Crippen LogP contribution is 2.39. The summed E-state index contributed by atoms with van der Waals surface area (Å²) in [7, 11) is 1.58. The predicted octanol–water partition coefficient (Wildman–Crippen LogP) is 6.20. The Morgan fingerprint density at radius 2 is 1.94 bits per heavy atom. The highest BCUT2D eigenvalue weighted by Gasteiger charge is 2.22. The molecule has 160 valence electrons. The molecule has 0 fully saturated rings. The van der Waals surface area contributed by atoms with Crippen LogP contribution in [0.4, 0.5) is 4.39 Å². The van der Waals surface area contributed by atoms with Gasteiger partial charge in [-0.2, -0.15) is 0 Å². The van der Waals surface area contributed by atoms with Gasteiger partial charge in [-0.25, -0.2) is 4.39 Å². The van der Waals surface area contributed by atoms with E-state index in [2.05, 4.69) is 24.3 Å². The summed E-state index contributed by atoms with van der Waals surface area (Å²) in [4.78, 5) is 12.5. The molecule has 4 rings (SSSR count). The molecule has 0 bridgehead atoms. The summed E-state index contributed by atoms with van der Waals surface area (Å²) >= 11 is 1.84. The Labute approximate surface area is 186 Å². The van der Waals surface area contributed by atoms with Crippen molar-refractivity contribution in [2.24, 2.45) is 5.92 Å². The first-order valence-electron chi connectivity index (χ1n) is 10.4. The quantitative estimate of drug-likeness (QED) is 0.500. The molecule has 0 spiro atoms. The number of thioether (sulfide) groups is 1. The van der Waals surface area contributed by atoms with Crippen LogP contribution >= 0.6 is 11.8 Å². The first-order valence-corrected chi connectivity index (χ1v) is 11.3. The fourth-order valence-corrected chi connectivity index (χ4v) is 5.20. The van der Waals surface area contributed by atoms with Crippen LogP contribution in [0.25, 0.3) is 11.1 Å². The van der Waals surface area contributed by atoms with E-state index in [4.69, 9.17) is 4.74 Å². The molecule has 5 heteroatoms. The summed E-state index contributed by atoms with van der Waals surface area (Å²) in [6.07, 6.45) is 1.46. The summed E-state index contributed by atoms with van der Waals surface area (Å²) < 4.78 is 19.5. The van der Waals surface area contributed by atoms with Gasteiger partial charge in [-0.05, 0) is 65.3 Å². The molecule has 0 radical (unpaired) electrons. The van der Waals surface area contributed by atoms with Crippen LogP contribution in [0.5, 0.6) is 5.75 Å². The molecular formula is C26H25FO3S. The lowest BCUT2D eigenvalue weighted by Crippen LogP contribution is -2.14. The molecule has 0 aliphatic carbocycles. The first kappa shape index (κ1) is 21.4. The molecule has 31 heavy (non-hydrogen) atoms. The second kappa shape index (κ2) is 9.15. The smallest absolute Gasteiger partial charge is 0.306 e. The van der Waals surface area contributed by atoms with Gasteiger partial charge in [0.05, 0.1) is 13.0 Å². The lowest BCUT2D eigenvalue weighted by Gasteiger charge is -2.25. The number of hydrogen-bond donors (Lipinski definition) is 1. The zero-order valence-corrected chi connectivity index (χ0v) is 18.4. The van der Waals surface area contributed by atoms with Gasteiger partial charge in [0, 0.05) is 16.2 Å². The minimum atomic E-state index is -0.766. The van der Waals surface area contributed by atoms with Gasteiger partial charge in [-0.3, -0.25) is 4.79 Å². The van der Waals surface area contributed by atoms with Crippen molar-refractivity contribution in [3.8, 4) is 16.9 Å². The molecule has 1 aliphatic heterocycles. The number of carbonyl (C=O) groups is 1. The Kier molecular flexibility index (Phi) is 6.33. The van der Waals surface area contributed by atoms with Gasteiger partial charge < -0.3 is 9.84 Å². The minimum absolute atomic E-state index is 0.265. The van der Waals surface area contributed by atoms with Crippen LogP contribution in [-0.2, 0) is 17.6 Å². The maximum absolute atomic E-state index is 14.3. The van der Waals surface area contributed by atoms with E-state index in [1.165, 1.54) is 22.1 Å². The fraction of sp³-hybridized carbons (Fsp3) is 0.269. The third-order valence-electron chi connectivity index (χ3n) is 5.86. The average molecular weight is 437 g/mol. The summed E-state index contributed by atoms with van der Waals surface area (Å²) in [6.45, 7) is 1.74. The third-order valence-corrected chi connectivity index (χ3v) is 7.14. The number of rotatable bonds is 6. The number of carboxylic acids is 1. The zero-order valence-electron chi connectivity index (χ0n) is 17.6. The molecule has 0 saturated carbocycles. The highest BCUT2D eigenvalue weighted by molar-refractivity contribution is 7.99. The Balaban J connectivity index is 1.52. The number of benzene rings is 3. The number of fused-ring (bicyclic) bond motifs is 1. The zero-order chi connectivity index (χ0) is 22.0. The summed E-state index contributed by atoms with van der Waals surface area (Å²) in [6, 6.07) is 19.2. The van der Waals surface area contributed by atoms with Crippen LogP contribution in [0.3, 0.4) is 0 Å². The fourth-order valence-electron chi connectivity index (χ4n) is 4.02. The second-order valence-electron chi connectivity index (χ2n) is 8.07. The van der Waals surface area contributed by atoms with Crippen molar-refractivity contribution in [1.29, 1.82) is 0 Å². The Morgan fingerprint density at radius 1 is 1.16 bits per heavy atom. The molecule has 0 aromatic heterocycles. The molecular weight excluding hydrogens is 411 g/mol. The Hall–Kier alpha value is -2.79. The molecule has 3 nitrogen and oxygen atoms in total. The van der Waals surface area contributed by atoms with Crippen LogP contribution < -0.4 is 4.74 Å². The number of ether oxygens (including phenoxy) is 1. The van der Waals surface area contributed by atoms with Gasteiger partial charge in [0.2, 0.25) is 0 Å². The van der Waals surface area contributed by atoms with Gasteiger partial charge in [0.1, 0.15) is 11.6 Å². The highest BCUT2D eigenvalue weighted by atomic mass is 32.2. The predicted molar refractivity (Wildman–Crippen MR) is 123 cm³/mol. The molecule has 2 unspecified atom stereocenters. The van der Waals surface area contributed by atoms with Crippen molar-refractivity contribution in [3.05, 3.63) is 83.2 Å². The normalized spacial score (nSPS) is 16.4. The largest absolute Gasteiger partial charge is 0.497 e. The van der Waals surface area contributed by atoms with Gasteiger partial charge in [0.25, 0.3) is 0 Å². The van der Waals surface area contributed by atoms with Crippen LogP contribution in [-0.4, -0.2) is 23.9 Å². The van der Waals surface area contributed by atoms with Crippen LogP contribution in [0, 0.1) is 11.7 Å². The molecule has 3 aromatic rings. The monoisotopic (exact) mass is 436 g/mol. The van der Waals surface area contributed by atoms with E-state index in [9.17, 15) is 14.3 Å². The van der Waals surface area contributed by atoms with Crippen molar-refractivity contribution >= 4 is 17.7 Å². The van der Waals surface area contributed by atoms with Crippen molar-refractivity contribution in [2.45, 2.75) is 30.6 Å². The maximum Gasteiger partial charge on any atom is 0.306 e. The number of hydrogen-bond acceptors (Lipinski definition) is 3. The average Bonchev–Trinajstić information content (AvgIpc) is 2.79. The van der Waals surface area contributed by atoms with Crippen LogP contribution in [0.2, 0.25) is 0 Å². The lowest BCUT2D eigenvalue weighted by atomic mass is 9.90. The maximum atomic E-state index is 14.3. The summed E-state index contributed by atoms with van der Waals surface area (Å²) in [5.74, 6) is 0.568. The topological polar surface area (TPSA) is 46.5 Å². The standard InChI is InChI=1S/C26H25FO3S/c1-16(26(28)29)11-17-3-10-25-20(12-17)13-21(15-31-25)18-4-6-19(7-5-18)23-14-22(30-2)8-9-24(23)27/h3-10,12,14,16,21H,11,13,15H2,1-2H3,(H,28,29). The minimum Gasteiger partial charge on any atom is -0.497 e. The first-order chi connectivity index (χ1) is 14.9. The van der Waals surface area contributed by atoms with E-state index in [0.29, 0.717) is 23.7 Å². The van der Waals surface area contributed by atoms with Gasteiger partial charge in [-0.15, -0.1) is 11.8 Å². The van der Waals surface area contributed by atoms with E-state index >= 15 is 0 Å². The lowest BCUT2D eigenvalue weighted by molar-refractivity contribution is -0.141. The molecule has 1 heterocycles. The number of halogens is 1. The van der Waals surface area contributed by atoms with Gasteiger partial charge >= 0.3 is 5.97 Å². The van der Waals surface area contributed by atoms with E-state index in [1.807, 2.05) is 30.0 Å². The third kappa shape index (κ3) is 4.77. The van der Waals surface area contributed by atoms with Crippen molar-refractivity contribution in [3.63, 3.8) is 0 Å². The molecule has 2 atom stereocenters.